The first kappa shape index (κ1) is 9.81. The largest absolute Gasteiger partial charge is 0.341 e. The first-order valence-electron chi connectivity index (χ1n) is 5.80. The maximum absolute atomic E-state index is 6.01. The summed E-state index contributed by atoms with van der Waals surface area (Å²) in [6.07, 6.45) is 3.51. The van der Waals surface area contributed by atoms with Gasteiger partial charge in [0.15, 0.2) is 0 Å². The van der Waals surface area contributed by atoms with E-state index in [4.69, 9.17) is 5.84 Å². The maximum Gasteiger partial charge on any atom is 0.126 e. The van der Waals surface area contributed by atoms with Crippen molar-refractivity contribution in [2.24, 2.45) is 5.84 Å². The molecule has 1 aliphatic heterocycles. The Balaban J connectivity index is 1.98. The van der Waals surface area contributed by atoms with Gasteiger partial charge in [0, 0.05) is 6.54 Å². The first-order chi connectivity index (χ1) is 7.84. The lowest BCUT2D eigenvalue weighted by atomic mass is 10.0. The molecule has 4 heteroatoms. The molecule has 1 aromatic heterocycles. The predicted octanol–water partition coefficient (Wildman–Crippen LogP) is 1.96. The van der Waals surface area contributed by atoms with E-state index in [2.05, 4.69) is 16.0 Å². The molecule has 1 aromatic carbocycles. The maximum atomic E-state index is 6.01. The monoisotopic (exact) mass is 216 g/mol. The van der Waals surface area contributed by atoms with Crippen LogP contribution in [0.3, 0.4) is 0 Å². The molecule has 0 aliphatic carbocycles. The summed E-state index contributed by atoms with van der Waals surface area (Å²) in [6, 6.07) is 8.36. The number of aromatic amines is 1. The molecule has 1 fully saturated rings. The van der Waals surface area contributed by atoms with Gasteiger partial charge in [-0.05, 0) is 25.0 Å². The van der Waals surface area contributed by atoms with Gasteiger partial charge in [-0.25, -0.2) is 9.99 Å². The number of imidazole rings is 1. The quantitative estimate of drug-likeness (QED) is 0.716. The topological polar surface area (TPSA) is 57.9 Å². The molecular weight excluding hydrogens is 200 g/mol. The predicted molar refractivity (Wildman–Crippen MR) is 63.6 cm³/mol. The van der Waals surface area contributed by atoms with Crippen LogP contribution in [0, 0.1) is 0 Å². The van der Waals surface area contributed by atoms with Gasteiger partial charge >= 0.3 is 0 Å². The summed E-state index contributed by atoms with van der Waals surface area (Å²) in [7, 11) is 0. The number of aromatic nitrogens is 2. The van der Waals surface area contributed by atoms with Gasteiger partial charge in [-0.3, -0.25) is 5.84 Å². The SMILES string of the molecule is NN1CCCCC1c1nc2ccccc2[nH]1. The lowest BCUT2D eigenvalue weighted by molar-refractivity contribution is 0.145. The third-order valence-electron chi connectivity index (χ3n) is 3.27. The Morgan fingerprint density at radius 3 is 3.00 bits per heavy atom. The zero-order valence-electron chi connectivity index (χ0n) is 9.19. The number of nitrogens with one attached hydrogen (secondary N) is 1. The Bertz CT molecular complexity index is 457. The average Bonchev–Trinajstić information content (AvgIpc) is 2.73. The number of nitrogens with two attached hydrogens (primary N) is 1. The molecule has 3 rings (SSSR count). The van der Waals surface area contributed by atoms with E-state index in [9.17, 15) is 0 Å². The van der Waals surface area contributed by atoms with Gasteiger partial charge in [0.25, 0.3) is 0 Å². The fourth-order valence-corrected chi connectivity index (χ4v) is 2.38. The number of piperidine rings is 1. The van der Waals surface area contributed by atoms with Crippen molar-refractivity contribution in [2.45, 2.75) is 25.3 Å². The normalized spacial score (nSPS) is 22.7. The van der Waals surface area contributed by atoms with Crippen LogP contribution in [0.5, 0.6) is 0 Å². The van der Waals surface area contributed by atoms with Crippen LogP contribution in [-0.2, 0) is 0 Å². The summed E-state index contributed by atoms with van der Waals surface area (Å²) >= 11 is 0. The highest BCUT2D eigenvalue weighted by atomic mass is 15.4. The minimum absolute atomic E-state index is 0.251. The zero-order chi connectivity index (χ0) is 11.0. The number of benzene rings is 1. The van der Waals surface area contributed by atoms with Gasteiger partial charge in [-0.15, -0.1) is 0 Å². The molecule has 0 radical (unpaired) electrons. The highest BCUT2D eigenvalue weighted by Crippen LogP contribution is 2.27. The fourth-order valence-electron chi connectivity index (χ4n) is 2.38. The molecule has 4 nitrogen and oxygen atoms in total. The summed E-state index contributed by atoms with van der Waals surface area (Å²) < 4.78 is 0. The summed E-state index contributed by atoms with van der Waals surface area (Å²) in [5.74, 6) is 7.01. The lowest BCUT2D eigenvalue weighted by Crippen LogP contribution is -2.39. The number of rotatable bonds is 1. The van der Waals surface area contributed by atoms with E-state index >= 15 is 0 Å². The Morgan fingerprint density at radius 2 is 2.19 bits per heavy atom. The second-order valence-corrected chi connectivity index (χ2v) is 4.39. The van der Waals surface area contributed by atoms with Crippen LogP contribution >= 0.6 is 0 Å². The van der Waals surface area contributed by atoms with Crippen LogP contribution in [0.15, 0.2) is 24.3 Å². The smallest absolute Gasteiger partial charge is 0.126 e. The number of hydrogen-bond donors (Lipinski definition) is 2. The zero-order valence-corrected chi connectivity index (χ0v) is 9.19. The third-order valence-corrected chi connectivity index (χ3v) is 3.27. The molecule has 84 valence electrons. The van der Waals surface area contributed by atoms with E-state index in [-0.39, 0.29) is 6.04 Å². The van der Waals surface area contributed by atoms with Crippen molar-refractivity contribution >= 4 is 11.0 Å². The van der Waals surface area contributed by atoms with Gasteiger partial charge in [-0.1, -0.05) is 18.6 Å². The molecule has 16 heavy (non-hydrogen) atoms. The molecule has 0 saturated carbocycles. The van der Waals surface area contributed by atoms with Crippen LogP contribution in [-0.4, -0.2) is 21.5 Å². The second-order valence-electron chi connectivity index (χ2n) is 4.39. The molecule has 0 amide bonds. The van der Waals surface area contributed by atoms with Crippen molar-refractivity contribution in [1.29, 1.82) is 0 Å². The Kier molecular flexibility index (Phi) is 2.38. The van der Waals surface area contributed by atoms with Crippen LogP contribution in [0.2, 0.25) is 0 Å². The lowest BCUT2D eigenvalue weighted by Gasteiger charge is -2.30. The van der Waals surface area contributed by atoms with Gasteiger partial charge < -0.3 is 4.98 Å². The molecular formula is C12H16N4. The van der Waals surface area contributed by atoms with Gasteiger partial charge in [-0.2, -0.15) is 0 Å². The van der Waals surface area contributed by atoms with Crippen molar-refractivity contribution in [1.82, 2.24) is 15.0 Å². The van der Waals surface area contributed by atoms with Crippen LogP contribution < -0.4 is 5.84 Å². The van der Waals surface area contributed by atoms with Gasteiger partial charge in [0.1, 0.15) is 5.82 Å². The number of fused-ring (bicyclic) bond motifs is 1. The summed E-state index contributed by atoms with van der Waals surface area (Å²) in [6.45, 7) is 0.960. The highest BCUT2D eigenvalue weighted by Gasteiger charge is 2.23. The molecule has 1 unspecified atom stereocenters. The number of hydrazine groups is 1. The molecule has 1 aliphatic rings. The standard InChI is InChI=1S/C12H16N4/c13-16-8-4-3-7-11(16)12-14-9-5-1-2-6-10(9)15-12/h1-2,5-6,11H,3-4,7-8,13H2,(H,14,15). The Morgan fingerprint density at radius 1 is 1.31 bits per heavy atom. The van der Waals surface area contributed by atoms with Gasteiger partial charge in [0.05, 0.1) is 17.1 Å². The summed E-state index contributed by atoms with van der Waals surface area (Å²) in [4.78, 5) is 7.97. The highest BCUT2D eigenvalue weighted by molar-refractivity contribution is 5.74. The van der Waals surface area contributed by atoms with E-state index in [0.29, 0.717) is 0 Å². The number of nitrogens with zero attached hydrogens (tertiary/aromatic N) is 2. The Hall–Kier alpha value is -1.39. The van der Waals surface area contributed by atoms with Crippen LogP contribution in [0.4, 0.5) is 0 Å². The van der Waals surface area contributed by atoms with Crippen molar-refractivity contribution in [3.05, 3.63) is 30.1 Å². The van der Waals surface area contributed by atoms with E-state index in [0.717, 1.165) is 29.8 Å². The van der Waals surface area contributed by atoms with Crippen molar-refractivity contribution in [3.8, 4) is 0 Å². The van der Waals surface area contributed by atoms with Crippen LogP contribution in [0.1, 0.15) is 31.1 Å². The minimum atomic E-state index is 0.251. The molecule has 0 bridgehead atoms. The number of H-pyrrole nitrogens is 1. The van der Waals surface area contributed by atoms with Crippen molar-refractivity contribution in [3.63, 3.8) is 0 Å². The average molecular weight is 216 g/mol. The summed E-state index contributed by atoms with van der Waals surface area (Å²) in [5, 5.41) is 1.90. The van der Waals surface area contributed by atoms with E-state index in [1.54, 1.807) is 0 Å². The molecule has 3 N–H and O–H groups in total. The first-order valence-corrected chi connectivity index (χ1v) is 5.80. The minimum Gasteiger partial charge on any atom is -0.341 e. The van der Waals surface area contributed by atoms with E-state index in [1.165, 1.54) is 12.8 Å². The molecule has 2 aromatic rings. The molecule has 2 heterocycles. The molecule has 1 atom stereocenters. The third kappa shape index (κ3) is 1.60. The second kappa shape index (κ2) is 3.88. The van der Waals surface area contributed by atoms with E-state index < -0.39 is 0 Å². The fraction of sp³-hybridized carbons (Fsp3) is 0.417. The van der Waals surface area contributed by atoms with Crippen molar-refractivity contribution in [2.75, 3.05) is 6.54 Å². The molecule has 0 spiro atoms. The van der Waals surface area contributed by atoms with E-state index in [1.807, 2.05) is 23.2 Å². The van der Waals surface area contributed by atoms with Gasteiger partial charge in [0.2, 0.25) is 0 Å². The number of para-hydroxylation sites is 2. The Labute approximate surface area is 94.4 Å². The number of hydrogen-bond acceptors (Lipinski definition) is 3. The summed E-state index contributed by atoms with van der Waals surface area (Å²) in [5.41, 5.74) is 2.12. The molecule has 1 saturated heterocycles. The van der Waals surface area contributed by atoms with Crippen molar-refractivity contribution < 1.29 is 0 Å². The van der Waals surface area contributed by atoms with Crippen LogP contribution in [0.25, 0.3) is 11.0 Å².